The summed E-state index contributed by atoms with van der Waals surface area (Å²) in [4.78, 5) is 15.0. The topological polar surface area (TPSA) is 102 Å². The Morgan fingerprint density at radius 1 is 1.10 bits per heavy atom. The van der Waals surface area contributed by atoms with Crippen LogP contribution in [0.5, 0.6) is 0 Å². The van der Waals surface area contributed by atoms with E-state index in [1.54, 1.807) is 31.2 Å². The Kier molecular flexibility index (Phi) is 6.33. The minimum atomic E-state index is -4.03. The molecule has 0 spiro atoms. The van der Waals surface area contributed by atoms with Crippen molar-refractivity contribution >= 4 is 56.4 Å². The van der Waals surface area contributed by atoms with Crippen LogP contribution in [0.2, 0.25) is 10.0 Å². The van der Waals surface area contributed by atoms with Crippen LogP contribution in [0.4, 0.5) is 11.4 Å². The third-order valence-electron chi connectivity index (χ3n) is 3.79. The summed E-state index contributed by atoms with van der Waals surface area (Å²) < 4.78 is 28.3. The van der Waals surface area contributed by atoms with E-state index in [0.717, 1.165) is 11.8 Å². The molecule has 0 saturated heterocycles. The first kappa shape index (κ1) is 21.4. The number of rotatable bonds is 6. The lowest BCUT2D eigenvalue weighted by molar-refractivity contribution is -0.388. The van der Waals surface area contributed by atoms with Crippen molar-refractivity contribution in [2.24, 2.45) is 0 Å². The van der Waals surface area contributed by atoms with Crippen LogP contribution >= 0.6 is 35.0 Å². The lowest BCUT2D eigenvalue weighted by Gasteiger charge is -2.14. The van der Waals surface area contributed by atoms with E-state index < -0.39 is 14.9 Å². The fourth-order valence-corrected chi connectivity index (χ4v) is 5.30. The highest BCUT2D eigenvalue weighted by Gasteiger charge is 2.22. The maximum Gasteiger partial charge on any atom is 0.301 e. The molecule has 3 rings (SSSR count). The summed E-state index contributed by atoms with van der Waals surface area (Å²) in [7, 11) is -4.03. The molecule has 1 N–H and O–H groups in total. The highest BCUT2D eigenvalue weighted by molar-refractivity contribution is 7.99. The molecular formula is C18H13Cl2N3O4S2. The van der Waals surface area contributed by atoms with Crippen LogP contribution in [0.15, 0.2) is 69.5 Å². The monoisotopic (exact) mass is 469 g/mol. The average Bonchev–Trinajstić information content (AvgIpc) is 2.66. The van der Waals surface area contributed by atoms with Gasteiger partial charge in [0.1, 0.15) is 4.90 Å². The van der Waals surface area contributed by atoms with Gasteiger partial charge in [0.05, 0.1) is 15.6 Å². The summed E-state index contributed by atoms with van der Waals surface area (Å²) in [6.07, 6.45) is 1.43. The number of sulfonamides is 1. The van der Waals surface area contributed by atoms with Crippen LogP contribution in [0.3, 0.4) is 0 Å². The zero-order valence-electron chi connectivity index (χ0n) is 14.8. The zero-order valence-corrected chi connectivity index (χ0v) is 17.9. The van der Waals surface area contributed by atoms with Gasteiger partial charge in [0.15, 0.2) is 5.03 Å². The number of nitrogens with one attached hydrogen (secondary N) is 1. The predicted octanol–water partition coefficient (Wildman–Crippen LogP) is 5.56. The first-order valence-electron chi connectivity index (χ1n) is 8.04. The van der Waals surface area contributed by atoms with Gasteiger partial charge in [-0.1, -0.05) is 47.1 Å². The number of halogens is 2. The summed E-state index contributed by atoms with van der Waals surface area (Å²) in [5, 5.41) is 11.7. The maximum absolute atomic E-state index is 12.9. The number of aryl methyl sites for hydroxylation is 1. The van der Waals surface area contributed by atoms with Crippen molar-refractivity contribution in [1.82, 2.24) is 4.98 Å². The van der Waals surface area contributed by atoms with E-state index in [-0.39, 0.29) is 26.3 Å². The van der Waals surface area contributed by atoms with Crippen molar-refractivity contribution in [3.63, 3.8) is 0 Å². The smallest absolute Gasteiger partial charge is 0.278 e. The van der Waals surface area contributed by atoms with Gasteiger partial charge in [0.2, 0.25) is 0 Å². The Labute approximate surface area is 181 Å². The molecule has 0 fully saturated rings. The molecule has 0 saturated carbocycles. The molecule has 0 unspecified atom stereocenters. The molecule has 0 radical (unpaired) electrons. The summed E-state index contributed by atoms with van der Waals surface area (Å²) >= 11 is 13.1. The summed E-state index contributed by atoms with van der Waals surface area (Å²) in [6, 6.07) is 12.1. The summed E-state index contributed by atoms with van der Waals surface area (Å²) in [6.45, 7) is 1.67. The first-order valence-corrected chi connectivity index (χ1v) is 11.1. The van der Waals surface area contributed by atoms with E-state index >= 15 is 0 Å². The van der Waals surface area contributed by atoms with E-state index in [1.807, 2.05) is 0 Å². The Balaban J connectivity index is 1.98. The maximum atomic E-state index is 12.9. The van der Waals surface area contributed by atoms with E-state index in [4.69, 9.17) is 23.2 Å². The van der Waals surface area contributed by atoms with Gasteiger partial charge in [-0.05, 0) is 42.8 Å². The Hall–Kier alpha value is -2.33. The molecule has 1 aromatic heterocycles. The Morgan fingerprint density at radius 3 is 2.55 bits per heavy atom. The van der Waals surface area contributed by atoms with Gasteiger partial charge in [-0.2, -0.15) is 0 Å². The molecule has 3 aromatic rings. The average molecular weight is 470 g/mol. The molecule has 0 bridgehead atoms. The van der Waals surface area contributed by atoms with E-state index in [9.17, 15) is 18.5 Å². The largest absolute Gasteiger partial charge is 0.301 e. The first-order chi connectivity index (χ1) is 13.7. The number of nitrogens with zero attached hydrogens (tertiary/aromatic N) is 2. The van der Waals surface area contributed by atoms with E-state index in [0.29, 0.717) is 15.5 Å². The van der Waals surface area contributed by atoms with E-state index in [1.165, 1.54) is 30.5 Å². The van der Waals surface area contributed by atoms with Gasteiger partial charge >= 0.3 is 5.69 Å². The third kappa shape index (κ3) is 4.81. The van der Waals surface area contributed by atoms with Crippen LogP contribution in [0.25, 0.3) is 0 Å². The van der Waals surface area contributed by atoms with Crippen molar-refractivity contribution in [1.29, 1.82) is 0 Å². The molecule has 11 heteroatoms. The Bertz CT molecular complexity index is 1200. The lowest BCUT2D eigenvalue weighted by Crippen LogP contribution is -2.14. The van der Waals surface area contributed by atoms with Gasteiger partial charge < -0.3 is 0 Å². The number of anilines is 1. The minimum Gasteiger partial charge on any atom is -0.278 e. The molecule has 7 nitrogen and oxygen atoms in total. The molecule has 29 heavy (non-hydrogen) atoms. The van der Waals surface area contributed by atoms with Crippen LogP contribution in [0.1, 0.15) is 5.56 Å². The second kappa shape index (κ2) is 8.58. The fraction of sp³-hybridized carbons (Fsp3) is 0.0556. The van der Waals surface area contributed by atoms with Crippen molar-refractivity contribution in [2.75, 3.05) is 4.72 Å². The van der Waals surface area contributed by atoms with Crippen LogP contribution in [0, 0.1) is 17.0 Å². The van der Waals surface area contributed by atoms with Crippen LogP contribution in [-0.4, -0.2) is 18.3 Å². The number of para-hydroxylation sites is 1. The van der Waals surface area contributed by atoms with Crippen molar-refractivity contribution in [3.05, 3.63) is 80.5 Å². The number of aromatic nitrogens is 1. The molecule has 2 aromatic carbocycles. The predicted molar refractivity (Wildman–Crippen MR) is 113 cm³/mol. The third-order valence-corrected chi connectivity index (χ3v) is 7.11. The molecule has 0 amide bonds. The second-order valence-electron chi connectivity index (χ2n) is 5.82. The number of nitro groups is 1. The van der Waals surface area contributed by atoms with Crippen molar-refractivity contribution in [3.8, 4) is 0 Å². The number of pyridine rings is 1. The summed E-state index contributed by atoms with van der Waals surface area (Å²) in [5.74, 6) is 0. The van der Waals surface area contributed by atoms with Gasteiger partial charge in [0, 0.05) is 22.2 Å². The molecule has 0 aliphatic carbocycles. The molecule has 0 aliphatic heterocycles. The molecular weight excluding hydrogens is 457 g/mol. The van der Waals surface area contributed by atoms with Gasteiger partial charge in [-0.15, -0.1) is 0 Å². The Morgan fingerprint density at radius 2 is 1.83 bits per heavy atom. The number of benzene rings is 2. The lowest BCUT2D eigenvalue weighted by atomic mass is 10.2. The van der Waals surface area contributed by atoms with Crippen molar-refractivity contribution < 1.29 is 13.3 Å². The van der Waals surface area contributed by atoms with Crippen molar-refractivity contribution in [2.45, 2.75) is 21.7 Å². The highest BCUT2D eigenvalue weighted by Crippen LogP contribution is 2.38. The second-order valence-corrected chi connectivity index (χ2v) is 9.32. The molecule has 0 aliphatic rings. The van der Waals surface area contributed by atoms with Gasteiger partial charge in [-0.3, -0.25) is 14.8 Å². The quantitative estimate of drug-likeness (QED) is 0.374. The highest BCUT2D eigenvalue weighted by atomic mass is 35.5. The van der Waals surface area contributed by atoms with Gasteiger partial charge in [-0.25, -0.2) is 13.4 Å². The summed E-state index contributed by atoms with van der Waals surface area (Å²) in [5.41, 5.74) is 0.621. The molecule has 150 valence electrons. The zero-order chi connectivity index (χ0) is 21.2. The van der Waals surface area contributed by atoms with Gasteiger partial charge in [0.25, 0.3) is 10.0 Å². The fourth-order valence-electron chi connectivity index (χ4n) is 2.38. The number of hydrogen-bond donors (Lipinski definition) is 1. The SMILES string of the molecule is Cc1cc(S(=O)(=O)Nc2ccccc2Sc2ncccc2[N+](=O)[O-])c(Cl)cc1Cl. The van der Waals surface area contributed by atoms with Crippen LogP contribution in [-0.2, 0) is 10.0 Å². The number of hydrogen-bond acceptors (Lipinski definition) is 6. The normalized spacial score (nSPS) is 11.3. The molecule has 0 atom stereocenters. The molecule has 1 heterocycles. The van der Waals surface area contributed by atoms with E-state index in [2.05, 4.69) is 9.71 Å². The van der Waals surface area contributed by atoms with Crippen LogP contribution < -0.4 is 4.72 Å². The minimum absolute atomic E-state index is 0.0152. The standard InChI is InChI=1S/C18H13Cl2N3O4S2/c1-11-9-17(13(20)10-12(11)19)29(26,27)22-14-5-2-3-7-16(14)28-18-15(23(24)25)6-4-8-21-18/h2-10,22H,1H3.